The molecule has 0 fully saturated rings. The van der Waals surface area contributed by atoms with Crippen LogP contribution in [0.4, 0.5) is 13.2 Å². The summed E-state index contributed by atoms with van der Waals surface area (Å²) in [5.41, 5.74) is 0.978. The summed E-state index contributed by atoms with van der Waals surface area (Å²) in [5.74, 6) is 0.747. The summed E-state index contributed by atoms with van der Waals surface area (Å²) in [6.45, 7) is 6.41. The number of aromatic hydroxyl groups is 1. The van der Waals surface area contributed by atoms with Crippen molar-refractivity contribution in [2.75, 3.05) is 14.2 Å². The highest BCUT2D eigenvalue weighted by atomic mass is 19.4. The molecule has 1 unspecified atom stereocenters. The second-order valence-corrected chi connectivity index (χ2v) is 6.35. The number of halogens is 3. The van der Waals surface area contributed by atoms with E-state index >= 15 is 0 Å². The van der Waals surface area contributed by atoms with Gasteiger partial charge >= 0.3 is 6.18 Å². The Morgan fingerprint density at radius 2 is 1.66 bits per heavy atom. The van der Waals surface area contributed by atoms with Gasteiger partial charge in [-0.25, -0.2) is 0 Å². The molecule has 0 aliphatic heterocycles. The number of alkyl halides is 3. The number of phenols is 1. The van der Waals surface area contributed by atoms with Gasteiger partial charge in [0.1, 0.15) is 5.75 Å². The summed E-state index contributed by atoms with van der Waals surface area (Å²) >= 11 is 0. The van der Waals surface area contributed by atoms with Crippen LogP contribution in [0, 0.1) is 0 Å². The van der Waals surface area contributed by atoms with Crippen molar-refractivity contribution < 1.29 is 27.8 Å². The predicted molar refractivity (Wildman–Crippen MR) is 109 cm³/mol. The monoisotopic (exact) mass is 413 g/mol. The Morgan fingerprint density at radius 1 is 1.00 bits per heavy atom. The van der Waals surface area contributed by atoms with Gasteiger partial charge in [-0.05, 0) is 49.6 Å². The van der Waals surface area contributed by atoms with Crippen LogP contribution in [0.25, 0.3) is 0 Å². The van der Waals surface area contributed by atoms with Crippen molar-refractivity contribution >= 4 is 0 Å². The van der Waals surface area contributed by atoms with Gasteiger partial charge in [-0.2, -0.15) is 13.2 Å². The van der Waals surface area contributed by atoms with Crippen LogP contribution < -0.4 is 14.8 Å². The third-order valence-corrected chi connectivity index (χ3v) is 4.37. The molecule has 4 nitrogen and oxygen atoms in total. The van der Waals surface area contributed by atoms with Crippen molar-refractivity contribution in [3.8, 4) is 17.2 Å². The Kier molecular flexibility index (Phi) is 9.81. The molecule has 0 heterocycles. The van der Waals surface area contributed by atoms with Gasteiger partial charge in [0.25, 0.3) is 0 Å². The highest BCUT2D eigenvalue weighted by molar-refractivity contribution is 5.42. The Bertz CT molecular complexity index is 763. The number of benzene rings is 2. The van der Waals surface area contributed by atoms with Crippen molar-refractivity contribution in [1.29, 1.82) is 0 Å². The third-order valence-electron chi connectivity index (χ3n) is 4.37. The highest BCUT2D eigenvalue weighted by Crippen LogP contribution is 2.33. The van der Waals surface area contributed by atoms with E-state index in [0.717, 1.165) is 30.5 Å². The fourth-order valence-electron chi connectivity index (χ4n) is 2.71. The third kappa shape index (κ3) is 7.49. The molecule has 2 aromatic rings. The highest BCUT2D eigenvalue weighted by Gasteiger charge is 2.31. The molecular weight excluding hydrogens is 383 g/mol. The standard InChI is InChI=1S/C20H24F3NO3.C2H6/c1-13(4-5-14-6-9-17(25)19(10-14)27-3)24-12-15-7-8-16(20(21,22)23)11-18(15)26-2;1-2/h6-11,13,24-25H,4-5,12H2,1-3H3;1-2H3. The molecule has 7 heteroatoms. The van der Waals surface area contributed by atoms with Gasteiger partial charge in [0.15, 0.2) is 11.5 Å². The normalized spacial score (nSPS) is 12.0. The number of hydrogen-bond donors (Lipinski definition) is 2. The molecule has 0 saturated heterocycles. The maximum absolute atomic E-state index is 12.8. The van der Waals surface area contributed by atoms with E-state index in [2.05, 4.69) is 5.32 Å². The topological polar surface area (TPSA) is 50.7 Å². The SMILES string of the molecule is CC.COc1cc(CCC(C)NCc2ccc(C(F)(F)F)cc2OC)ccc1O. The summed E-state index contributed by atoms with van der Waals surface area (Å²) in [7, 11) is 2.86. The zero-order valence-electron chi connectivity index (χ0n) is 17.6. The van der Waals surface area contributed by atoms with Crippen molar-refractivity contribution in [2.24, 2.45) is 0 Å². The number of methoxy groups -OCH3 is 2. The second kappa shape index (κ2) is 11.6. The van der Waals surface area contributed by atoms with E-state index in [1.165, 1.54) is 20.3 Å². The maximum atomic E-state index is 12.8. The lowest BCUT2D eigenvalue weighted by atomic mass is 10.0. The van der Waals surface area contributed by atoms with Crippen LogP contribution in [0.2, 0.25) is 0 Å². The molecule has 0 aromatic heterocycles. The predicted octanol–water partition coefficient (Wildman–Crippen LogP) is 5.57. The minimum Gasteiger partial charge on any atom is -0.504 e. The van der Waals surface area contributed by atoms with Crippen molar-refractivity contribution in [2.45, 2.75) is 52.4 Å². The van der Waals surface area contributed by atoms with Crippen LogP contribution in [-0.4, -0.2) is 25.4 Å². The quantitative estimate of drug-likeness (QED) is 0.594. The Labute approximate surface area is 170 Å². The number of ether oxygens (including phenoxy) is 2. The Hall–Kier alpha value is -2.41. The minimum absolute atomic E-state index is 0.0989. The summed E-state index contributed by atoms with van der Waals surface area (Å²) in [5, 5.41) is 12.9. The smallest absolute Gasteiger partial charge is 0.416 e. The van der Waals surface area contributed by atoms with Crippen LogP contribution >= 0.6 is 0 Å². The molecule has 0 spiro atoms. The number of nitrogens with one attached hydrogen (secondary N) is 1. The number of phenolic OH excluding ortho intramolecular Hbond substituents is 1. The summed E-state index contributed by atoms with van der Waals surface area (Å²) in [6, 6.07) is 8.88. The fraction of sp³-hybridized carbons (Fsp3) is 0.455. The van der Waals surface area contributed by atoms with Gasteiger partial charge in [-0.3, -0.25) is 0 Å². The van der Waals surface area contributed by atoms with Gasteiger partial charge in [0, 0.05) is 18.2 Å². The van der Waals surface area contributed by atoms with Crippen LogP contribution in [0.5, 0.6) is 17.2 Å². The molecule has 29 heavy (non-hydrogen) atoms. The lowest BCUT2D eigenvalue weighted by Crippen LogP contribution is -2.26. The summed E-state index contributed by atoms with van der Waals surface area (Å²) < 4.78 is 48.6. The van der Waals surface area contributed by atoms with E-state index in [0.29, 0.717) is 17.9 Å². The number of aryl methyl sites for hydroxylation is 1. The maximum Gasteiger partial charge on any atom is 0.416 e. The van der Waals surface area contributed by atoms with E-state index in [9.17, 15) is 18.3 Å². The van der Waals surface area contributed by atoms with Gasteiger partial charge in [0.2, 0.25) is 0 Å². The molecule has 0 aliphatic carbocycles. The van der Waals surface area contributed by atoms with Gasteiger partial charge < -0.3 is 19.9 Å². The van der Waals surface area contributed by atoms with Crippen LogP contribution in [0.15, 0.2) is 36.4 Å². The van der Waals surface area contributed by atoms with E-state index in [4.69, 9.17) is 9.47 Å². The molecule has 1 atom stereocenters. The molecule has 2 aromatic carbocycles. The van der Waals surface area contributed by atoms with Crippen molar-refractivity contribution in [1.82, 2.24) is 5.32 Å². The lowest BCUT2D eigenvalue weighted by Gasteiger charge is -2.17. The Balaban J connectivity index is 0.00000204. The molecule has 0 radical (unpaired) electrons. The zero-order chi connectivity index (χ0) is 22.0. The first kappa shape index (κ1) is 24.6. The fourth-order valence-corrected chi connectivity index (χ4v) is 2.71. The molecule has 162 valence electrons. The molecule has 2 rings (SSSR count). The molecule has 0 amide bonds. The van der Waals surface area contributed by atoms with Gasteiger partial charge in [0.05, 0.1) is 19.8 Å². The van der Waals surface area contributed by atoms with Crippen molar-refractivity contribution in [3.63, 3.8) is 0 Å². The zero-order valence-corrected chi connectivity index (χ0v) is 17.6. The summed E-state index contributed by atoms with van der Waals surface area (Å²) in [4.78, 5) is 0. The Morgan fingerprint density at radius 3 is 2.24 bits per heavy atom. The van der Waals surface area contributed by atoms with E-state index in [1.807, 2.05) is 26.8 Å². The van der Waals surface area contributed by atoms with Crippen LogP contribution in [-0.2, 0) is 19.1 Å². The minimum atomic E-state index is -4.39. The molecule has 0 saturated carbocycles. The van der Waals surface area contributed by atoms with E-state index in [1.54, 1.807) is 12.1 Å². The van der Waals surface area contributed by atoms with Crippen LogP contribution in [0.1, 0.15) is 43.9 Å². The van der Waals surface area contributed by atoms with E-state index < -0.39 is 11.7 Å². The van der Waals surface area contributed by atoms with Crippen LogP contribution in [0.3, 0.4) is 0 Å². The number of hydrogen-bond acceptors (Lipinski definition) is 4. The summed E-state index contributed by atoms with van der Waals surface area (Å²) in [6.07, 6.45) is -2.80. The molecule has 2 N–H and O–H groups in total. The largest absolute Gasteiger partial charge is 0.504 e. The number of rotatable bonds is 8. The van der Waals surface area contributed by atoms with Gasteiger partial charge in [-0.15, -0.1) is 0 Å². The van der Waals surface area contributed by atoms with E-state index in [-0.39, 0.29) is 17.5 Å². The first-order valence-electron chi connectivity index (χ1n) is 9.58. The first-order chi connectivity index (χ1) is 13.7. The van der Waals surface area contributed by atoms with Gasteiger partial charge in [-0.1, -0.05) is 26.0 Å². The molecule has 0 bridgehead atoms. The average Bonchev–Trinajstić information content (AvgIpc) is 2.72. The molecular formula is C22H30F3NO3. The lowest BCUT2D eigenvalue weighted by molar-refractivity contribution is -0.137. The second-order valence-electron chi connectivity index (χ2n) is 6.35. The van der Waals surface area contributed by atoms with Crippen molar-refractivity contribution in [3.05, 3.63) is 53.1 Å². The molecule has 0 aliphatic rings. The first-order valence-corrected chi connectivity index (χ1v) is 9.58. The average molecular weight is 413 g/mol.